The Bertz CT molecular complexity index is 187. The molecule has 4 nitrogen and oxygen atoms in total. The van der Waals surface area contributed by atoms with E-state index in [1.165, 1.54) is 25.7 Å². The summed E-state index contributed by atoms with van der Waals surface area (Å²) in [6, 6.07) is 0. The van der Waals surface area contributed by atoms with E-state index in [4.69, 9.17) is 19.3 Å². The number of unbranched alkanes of at least 4 members (excludes halogenated alkanes) is 4. The minimum atomic E-state index is -0.198. The quantitative estimate of drug-likeness (QED) is 0.613. The number of hydrogen-bond acceptors (Lipinski definition) is 4. The first-order valence-corrected chi connectivity index (χ1v) is 7.32. The molecule has 1 aliphatic rings. The maximum atomic E-state index is 9.01. The van der Waals surface area contributed by atoms with Crippen molar-refractivity contribution in [3.05, 3.63) is 0 Å². The fourth-order valence-electron chi connectivity index (χ4n) is 2.03. The molecule has 0 spiro atoms. The molecule has 1 aliphatic heterocycles. The van der Waals surface area contributed by atoms with Crippen molar-refractivity contribution < 1.29 is 19.3 Å². The van der Waals surface area contributed by atoms with Crippen molar-refractivity contribution in [2.24, 2.45) is 0 Å². The van der Waals surface area contributed by atoms with Crippen LogP contribution in [0.1, 0.15) is 51.9 Å². The van der Waals surface area contributed by atoms with E-state index in [0.29, 0.717) is 13.2 Å². The minimum absolute atomic E-state index is 0.0576. The third kappa shape index (κ3) is 7.31. The third-order valence-corrected chi connectivity index (χ3v) is 3.18. The molecule has 0 bridgehead atoms. The number of hydrogen-bond donors (Lipinski definition) is 1. The van der Waals surface area contributed by atoms with Gasteiger partial charge in [0.2, 0.25) is 0 Å². The smallest absolute Gasteiger partial charge is 0.160 e. The van der Waals surface area contributed by atoms with Crippen LogP contribution in [0.4, 0.5) is 0 Å². The molecule has 18 heavy (non-hydrogen) atoms. The summed E-state index contributed by atoms with van der Waals surface area (Å²) in [7, 11) is 0. The first-order chi connectivity index (χ1) is 8.86. The standard InChI is InChI=1S/C14H28O4/c1-2-3-4-5-6-9-16-10-8-14-17-11-7-13(12-15)18-14/h13-15H,2-12H2,1H3/t13-,14+/m1/s1. The second-order valence-electron chi connectivity index (χ2n) is 4.84. The molecule has 1 N–H and O–H groups in total. The molecule has 1 rings (SSSR count). The average Bonchev–Trinajstić information content (AvgIpc) is 2.42. The topological polar surface area (TPSA) is 47.9 Å². The van der Waals surface area contributed by atoms with Crippen LogP contribution in [-0.2, 0) is 14.2 Å². The molecule has 1 saturated heterocycles. The van der Waals surface area contributed by atoms with E-state index >= 15 is 0 Å². The van der Waals surface area contributed by atoms with E-state index in [0.717, 1.165) is 25.9 Å². The van der Waals surface area contributed by atoms with Crippen LogP contribution in [0.5, 0.6) is 0 Å². The Morgan fingerprint density at radius 3 is 2.78 bits per heavy atom. The molecule has 4 heteroatoms. The second kappa shape index (κ2) is 10.7. The highest BCUT2D eigenvalue weighted by molar-refractivity contribution is 4.62. The zero-order valence-electron chi connectivity index (χ0n) is 11.6. The second-order valence-corrected chi connectivity index (χ2v) is 4.84. The maximum Gasteiger partial charge on any atom is 0.160 e. The molecule has 0 aromatic heterocycles. The van der Waals surface area contributed by atoms with Gasteiger partial charge in [0.1, 0.15) is 0 Å². The molecule has 108 valence electrons. The molecular formula is C14H28O4. The normalized spacial score (nSPS) is 24.3. The fourth-order valence-corrected chi connectivity index (χ4v) is 2.03. The molecule has 1 heterocycles. The van der Waals surface area contributed by atoms with Crippen molar-refractivity contribution >= 4 is 0 Å². The van der Waals surface area contributed by atoms with Crippen molar-refractivity contribution in [1.82, 2.24) is 0 Å². The molecule has 0 aromatic carbocycles. The molecule has 0 aliphatic carbocycles. The Labute approximate surface area is 111 Å². The summed E-state index contributed by atoms with van der Waals surface area (Å²) < 4.78 is 16.6. The van der Waals surface area contributed by atoms with Crippen molar-refractivity contribution in [2.45, 2.75) is 64.3 Å². The summed E-state index contributed by atoms with van der Waals surface area (Å²) in [6.07, 6.45) is 7.61. The highest BCUT2D eigenvalue weighted by Gasteiger charge is 2.21. The van der Waals surface area contributed by atoms with Crippen molar-refractivity contribution in [1.29, 1.82) is 0 Å². The van der Waals surface area contributed by atoms with Crippen LogP contribution in [0, 0.1) is 0 Å². The van der Waals surface area contributed by atoms with Crippen LogP contribution in [0.25, 0.3) is 0 Å². The van der Waals surface area contributed by atoms with E-state index in [2.05, 4.69) is 6.92 Å². The van der Waals surface area contributed by atoms with Crippen LogP contribution < -0.4 is 0 Å². The number of aliphatic hydroxyl groups excluding tert-OH is 1. The molecular weight excluding hydrogens is 232 g/mol. The van der Waals surface area contributed by atoms with Gasteiger partial charge < -0.3 is 19.3 Å². The van der Waals surface area contributed by atoms with E-state index in [1.807, 2.05) is 0 Å². The van der Waals surface area contributed by atoms with Gasteiger partial charge in [0.25, 0.3) is 0 Å². The lowest BCUT2D eigenvalue weighted by molar-refractivity contribution is -0.225. The first-order valence-electron chi connectivity index (χ1n) is 7.32. The zero-order valence-corrected chi connectivity index (χ0v) is 11.6. The highest BCUT2D eigenvalue weighted by Crippen LogP contribution is 2.14. The Kier molecular flexibility index (Phi) is 9.48. The average molecular weight is 260 g/mol. The monoisotopic (exact) mass is 260 g/mol. The largest absolute Gasteiger partial charge is 0.394 e. The molecule has 0 aromatic rings. The van der Waals surface area contributed by atoms with Gasteiger partial charge in [-0.15, -0.1) is 0 Å². The SMILES string of the molecule is CCCCCCCOCC[C@H]1OCC[C@H](CO)O1. The Morgan fingerprint density at radius 1 is 1.17 bits per heavy atom. The van der Waals surface area contributed by atoms with Gasteiger partial charge in [0.05, 0.1) is 25.9 Å². The zero-order chi connectivity index (χ0) is 13.1. The van der Waals surface area contributed by atoms with Gasteiger partial charge in [-0.25, -0.2) is 0 Å². The molecule has 0 unspecified atom stereocenters. The van der Waals surface area contributed by atoms with Crippen LogP contribution in [-0.4, -0.2) is 43.9 Å². The first kappa shape index (κ1) is 15.9. The summed E-state index contributed by atoms with van der Waals surface area (Å²) in [5.41, 5.74) is 0. The summed E-state index contributed by atoms with van der Waals surface area (Å²) >= 11 is 0. The Balaban J connectivity index is 1.88. The third-order valence-electron chi connectivity index (χ3n) is 3.18. The van der Waals surface area contributed by atoms with Gasteiger partial charge in [0.15, 0.2) is 6.29 Å². The van der Waals surface area contributed by atoms with Gasteiger partial charge in [-0.05, 0) is 12.8 Å². The number of aliphatic hydroxyl groups is 1. The molecule has 0 radical (unpaired) electrons. The van der Waals surface area contributed by atoms with E-state index in [9.17, 15) is 0 Å². The van der Waals surface area contributed by atoms with Crippen LogP contribution in [0.3, 0.4) is 0 Å². The van der Waals surface area contributed by atoms with Crippen LogP contribution in [0.2, 0.25) is 0 Å². The molecule has 0 saturated carbocycles. The summed E-state index contributed by atoms with van der Waals surface area (Å²) in [6.45, 7) is 4.49. The fraction of sp³-hybridized carbons (Fsp3) is 1.00. The van der Waals surface area contributed by atoms with E-state index in [1.54, 1.807) is 0 Å². The number of ether oxygens (including phenoxy) is 3. The summed E-state index contributed by atoms with van der Waals surface area (Å²) in [5, 5.41) is 9.01. The van der Waals surface area contributed by atoms with Gasteiger partial charge in [-0.3, -0.25) is 0 Å². The van der Waals surface area contributed by atoms with Gasteiger partial charge >= 0.3 is 0 Å². The molecule has 0 amide bonds. The van der Waals surface area contributed by atoms with Crippen LogP contribution >= 0.6 is 0 Å². The van der Waals surface area contributed by atoms with E-state index in [-0.39, 0.29) is 19.0 Å². The Hall–Kier alpha value is -0.160. The predicted molar refractivity (Wildman–Crippen MR) is 70.5 cm³/mol. The van der Waals surface area contributed by atoms with Crippen molar-refractivity contribution in [2.75, 3.05) is 26.4 Å². The summed E-state index contributed by atoms with van der Waals surface area (Å²) in [5.74, 6) is 0. The lowest BCUT2D eigenvalue weighted by atomic mass is 10.2. The number of rotatable bonds is 10. The van der Waals surface area contributed by atoms with Crippen LogP contribution in [0.15, 0.2) is 0 Å². The highest BCUT2D eigenvalue weighted by atomic mass is 16.7. The van der Waals surface area contributed by atoms with E-state index < -0.39 is 0 Å². The lowest BCUT2D eigenvalue weighted by Crippen LogP contribution is -2.35. The maximum absolute atomic E-state index is 9.01. The predicted octanol–water partition coefficient (Wildman–Crippen LogP) is 2.49. The molecule has 1 fully saturated rings. The van der Waals surface area contributed by atoms with Gasteiger partial charge in [-0.2, -0.15) is 0 Å². The lowest BCUT2D eigenvalue weighted by Gasteiger charge is -2.29. The van der Waals surface area contributed by atoms with Crippen molar-refractivity contribution in [3.63, 3.8) is 0 Å². The van der Waals surface area contributed by atoms with Gasteiger partial charge in [-0.1, -0.05) is 32.6 Å². The van der Waals surface area contributed by atoms with Gasteiger partial charge in [0, 0.05) is 13.0 Å². The minimum Gasteiger partial charge on any atom is -0.394 e. The Morgan fingerprint density at radius 2 is 2.00 bits per heavy atom. The summed E-state index contributed by atoms with van der Waals surface area (Å²) in [4.78, 5) is 0. The molecule has 2 atom stereocenters. The van der Waals surface area contributed by atoms with Crippen molar-refractivity contribution in [3.8, 4) is 0 Å².